The van der Waals surface area contributed by atoms with Crippen molar-refractivity contribution < 1.29 is 14.3 Å². The Morgan fingerprint density at radius 3 is 2.09 bits per heavy atom. The first kappa shape index (κ1) is 23.0. The third-order valence-corrected chi connectivity index (χ3v) is 5.64. The average Bonchev–Trinajstić information content (AvgIpc) is 3.25. The number of esters is 1. The maximum atomic E-state index is 12.3. The lowest BCUT2D eigenvalue weighted by Crippen LogP contribution is -2.42. The zero-order chi connectivity index (χ0) is 23.9. The van der Waals surface area contributed by atoms with Crippen LogP contribution in [0.15, 0.2) is 91.3 Å². The first-order chi connectivity index (χ1) is 16.5. The van der Waals surface area contributed by atoms with Crippen LogP contribution in [0.25, 0.3) is 22.4 Å². The summed E-state index contributed by atoms with van der Waals surface area (Å²) < 4.78 is 6.98. The van der Waals surface area contributed by atoms with E-state index in [2.05, 4.69) is 63.4 Å². The molecule has 0 aliphatic heterocycles. The Kier molecular flexibility index (Phi) is 7.18. The molecule has 0 fully saturated rings. The number of hydrogen-bond acceptors (Lipinski definition) is 4. The molecule has 3 aromatic carbocycles. The van der Waals surface area contributed by atoms with Crippen molar-refractivity contribution in [1.29, 1.82) is 0 Å². The highest BCUT2D eigenvalue weighted by atomic mass is 16.5. The molecule has 0 bridgehead atoms. The van der Waals surface area contributed by atoms with E-state index in [1.54, 1.807) is 6.33 Å². The minimum atomic E-state index is -0.815. The van der Waals surface area contributed by atoms with Crippen LogP contribution < -0.4 is 5.32 Å². The monoisotopic (exact) mass is 453 g/mol. The van der Waals surface area contributed by atoms with E-state index >= 15 is 0 Å². The van der Waals surface area contributed by atoms with Crippen molar-refractivity contribution in [2.75, 3.05) is 7.11 Å². The van der Waals surface area contributed by atoms with Crippen LogP contribution in [0.4, 0.5) is 0 Å². The lowest BCUT2D eigenvalue weighted by atomic mass is 10.0. The predicted octanol–water partition coefficient (Wildman–Crippen LogP) is 4.49. The van der Waals surface area contributed by atoms with Gasteiger partial charge in [0.15, 0.2) is 0 Å². The molecule has 1 N–H and O–H groups in total. The van der Waals surface area contributed by atoms with Gasteiger partial charge in [0.25, 0.3) is 0 Å². The summed E-state index contributed by atoms with van der Waals surface area (Å²) in [5.41, 5.74) is 6.00. The van der Waals surface area contributed by atoms with E-state index in [-0.39, 0.29) is 12.3 Å². The van der Waals surface area contributed by atoms with Crippen molar-refractivity contribution in [3.05, 3.63) is 103 Å². The van der Waals surface area contributed by atoms with Crippen LogP contribution in [0.5, 0.6) is 0 Å². The number of carbonyl (C=O) groups is 2. The molecule has 6 heteroatoms. The van der Waals surface area contributed by atoms with Crippen molar-refractivity contribution in [2.24, 2.45) is 0 Å². The summed E-state index contributed by atoms with van der Waals surface area (Å²) in [6, 6.07) is 27.8. The summed E-state index contributed by atoms with van der Waals surface area (Å²) >= 11 is 0. The van der Waals surface area contributed by atoms with E-state index in [4.69, 9.17) is 4.74 Å². The van der Waals surface area contributed by atoms with E-state index in [1.165, 1.54) is 14.0 Å². The molecule has 6 nitrogen and oxygen atoms in total. The number of nitrogens with zero attached hydrogens (tertiary/aromatic N) is 2. The molecule has 1 aromatic heterocycles. The molecule has 0 aliphatic rings. The molecule has 0 unspecified atom stereocenters. The van der Waals surface area contributed by atoms with Crippen molar-refractivity contribution in [1.82, 2.24) is 14.9 Å². The summed E-state index contributed by atoms with van der Waals surface area (Å²) in [5, 5.41) is 2.68. The molecule has 0 saturated heterocycles. The van der Waals surface area contributed by atoms with Crippen molar-refractivity contribution >= 4 is 11.9 Å². The topological polar surface area (TPSA) is 73.2 Å². The number of methoxy groups -OCH3 is 1. The van der Waals surface area contributed by atoms with Crippen molar-refractivity contribution in [2.45, 2.75) is 25.9 Å². The summed E-state index contributed by atoms with van der Waals surface area (Å²) in [5.74, 6) is -0.800. The van der Waals surface area contributed by atoms with Crippen LogP contribution in [-0.2, 0) is 27.3 Å². The Balaban J connectivity index is 1.72. The number of hydrogen-bond donors (Lipinski definition) is 1. The number of ether oxygens (including phenoxy) is 1. The number of amides is 1. The van der Waals surface area contributed by atoms with Crippen molar-refractivity contribution in [3.63, 3.8) is 0 Å². The molecule has 4 aromatic rings. The molecule has 172 valence electrons. The first-order valence-electron chi connectivity index (χ1n) is 11.1. The molecule has 34 heavy (non-hydrogen) atoms. The second kappa shape index (κ2) is 10.6. The number of nitrogens with one attached hydrogen (secondary N) is 1. The highest BCUT2D eigenvalue weighted by molar-refractivity contribution is 5.83. The maximum Gasteiger partial charge on any atom is 0.328 e. The maximum absolute atomic E-state index is 12.3. The smallest absolute Gasteiger partial charge is 0.328 e. The number of carbonyl (C=O) groups excluding carboxylic acids is 2. The molecule has 0 aliphatic carbocycles. The van der Waals surface area contributed by atoms with Gasteiger partial charge in [-0.3, -0.25) is 4.79 Å². The largest absolute Gasteiger partial charge is 0.467 e. The Morgan fingerprint density at radius 2 is 1.47 bits per heavy atom. The van der Waals surface area contributed by atoms with E-state index in [0.717, 1.165) is 27.9 Å². The molecule has 1 atom stereocenters. The van der Waals surface area contributed by atoms with Gasteiger partial charge in [0, 0.05) is 25.5 Å². The van der Waals surface area contributed by atoms with Gasteiger partial charge in [0.05, 0.1) is 24.8 Å². The zero-order valence-electron chi connectivity index (χ0n) is 19.3. The fourth-order valence-electron chi connectivity index (χ4n) is 4.03. The standard InChI is InChI=1S/C28H27N3O3/c1-20(32)30-26(28(33)34-2)17-25-27(31(19-29-25)18-21-9-5-3-6-10-21)24-15-13-23(14-16-24)22-11-7-4-8-12-22/h3-16,19,26H,17-18H2,1-2H3,(H,30,32)/t26-/m0/s1. The third-order valence-electron chi connectivity index (χ3n) is 5.64. The highest BCUT2D eigenvalue weighted by Gasteiger charge is 2.25. The van der Waals surface area contributed by atoms with Crippen LogP contribution in [0, 0.1) is 0 Å². The Bertz CT molecular complexity index is 1250. The van der Waals surface area contributed by atoms with Gasteiger partial charge in [0.2, 0.25) is 5.91 Å². The minimum Gasteiger partial charge on any atom is -0.467 e. The molecular weight excluding hydrogens is 426 g/mol. The van der Waals surface area contributed by atoms with Gasteiger partial charge in [-0.05, 0) is 16.7 Å². The van der Waals surface area contributed by atoms with Crippen LogP contribution >= 0.6 is 0 Å². The summed E-state index contributed by atoms with van der Waals surface area (Å²) in [4.78, 5) is 28.7. The zero-order valence-corrected chi connectivity index (χ0v) is 19.3. The molecule has 1 amide bonds. The molecule has 1 heterocycles. The number of aromatic nitrogens is 2. The normalized spacial score (nSPS) is 11.6. The second-order valence-electron chi connectivity index (χ2n) is 8.08. The van der Waals surface area contributed by atoms with Crippen LogP contribution in [0.2, 0.25) is 0 Å². The molecule has 0 radical (unpaired) electrons. The fraction of sp³-hybridized carbons (Fsp3) is 0.179. The number of imidazole rings is 1. The van der Waals surface area contributed by atoms with Crippen LogP contribution in [0.3, 0.4) is 0 Å². The van der Waals surface area contributed by atoms with Crippen LogP contribution in [-0.4, -0.2) is 34.6 Å². The number of rotatable bonds is 8. The average molecular weight is 454 g/mol. The summed E-state index contributed by atoms with van der Waals surface area (Å²) in [7, 11) is 1.31. The predicted molar refractivity (Wildman–Crippen MR) is 132 cm³/mol. The lowest BCUT2D eigenvalue weighted by Gasteiger charge is -2.16. The van der Waals surface area contributed by atoms with Gasteiger partial charge in [-0.15, -0.1) is 0 Å². The van der Waals surface area contributed by atoms with Gasteiger partial charge in [-0.1, -0.05) is 84.9 Å². The molecule has 4 rings (SSSR count). The third kappa shape index (κ3) is 5.41. The SMILES string of the molecule is COC(=O)[C@H](Cc1ncn(Cc2ccccc2)c1-c1ccc(-c2ccccc2)cc1)NC(C)=O. The number of benzene rings is 3. The van der Waals surface area contributed by atoms with Crippen molar-refractivity contribution in [3.8, 4) is 22.4 Å². The summed E-state index contributed by atoms with van der Waals surface area (Å²) in [6.07, 6.45) is 2.01. The quantitative estimate of drug-likeness (QED) is 0.399. The van der Waals surface area contributed by atoms with Gasteiger partial charge in [-0.25, -0.2) is 9.78 Å². The molecule has 0 saturated carbocycles. The Hall–Kier alpha value is -4.19. The lowest BCUT2D eigenvalue weighted by molar-refractivity contribution is -0.144. The second-order valence-corrected chi connectivity index (χ2v) is 8.08. The van der Waals surface area contributed by atoms with Crippen LogP contribution in [0.1, 0.15) is 18.2 Å². The van der Waals surface area contributed by atoms with Gasteiger partial charge >= 0.3 is 5.97 Å². The Morgan fingerprint density at radius 1 is 0.882 bits per heavy atom. The van der Waals surface area contributed by atoms with Gasteiger partial charge < -0.3 is 14.6 Å². The van der Waals surface area contributed by atoms with E-state index in [9.17, 15) is 9.59 Å². The Labute approximate surface area is 199 Å². The summed E-state index contributed by atoms with van der Waals surface area (Å²) in [6.45, 7) is 2.01. The van der Waals surface area contributed by atoms with E-state index in [1.807, 2.05) is 36.4 Å². The molecular formula is C28H27N3O3. The van der Waals surface area contributed by atoms with Gasteiger partial charge in [0.1, 0.15) is 6.04 Å². The highest BCUT2D eigenvalue weighted by Crippen LogP contribution is 2.28. The minimum absolute atomic E-state index is 0.226. The van der Waals surface area contributed by atoms with E-state index in [0.29, 0.717) is 12.2 Å². The van der Waals surface area contributed by atoms with E-state index < -0.39 is 12.0 Å². The molecule has 0 spiro atoms. The van der Waals surface area contributed by atoms with Gasteiger partial charge in [-0.2, -0.15) is 0 Å². The first-order valence-corrected chi connectivity index (χ1v) is 11.1. The fourth-order valence-corrected chi connectivity index (χ4v) is 4.03.